The average Bonchev–Trinajstić information content (AvgIpc) is 2.79. The highest BCUT2D eigenvalue weighted by molar-refractivity contribution is 5.97. The lowest BCUT2D eigenvalue weighted by Gasteiger charge is -2.26. The molecule has 2 rings (SSSR count). The van der Waals surface area contributed by atoms with Crippen LogP contribution in [0.1, 0.15) is 44.0 Å². The molecule has 1 amide bonds. The van der Waals surface area contributed by atoms with E-state index in [4.69, 9.17) is 4.74 Å². The summed E-state index contributed by atoms with van der Waals surface area (Å²) in [6.07, 6.45) is 4.14. The van der Waals surface area contributed by atoms with E-state index in [1.54, 1.807) is 12.3 Å². The van der Waals surface area contributed by atoms with Crippen molar-refractivity contribution in [2.45, 2.75) is 51.8 Å². The predicted octanol–water partition coefficient (Wildman–Crippen LogP) is 1.95. The van der Waals surface area contributed by atoms with Crippen LogP contribution in [0.2, 0.25) is 0 Å². The number of hydrogen-bond donors (Lipinski definition) is 1. The number of hydrogen-bond acceptors (Lipinski definition) is 4. The Morgan fingerprint density at radius 2 is 2.10 bits per heavy atom. The van der Waals surface area contributed by atoms with Gasteiger partial charge >= 0.3 is 5.97 Å². The second-order valence-corrected chi connectivity index (χ2v) is 5.57. The Morgan fingerprint density at radius 3 is 2.71 bits per heavy atom. The molecule has 1 fully saturated rings. The Morgan fingerprint density at radius 1 is 1.38 bits per heavy atom. The van der Waals surface area contributed by atoms with Gasteiger partial charge in [-0.2, -0.15) is 0 Å². The lowest BCUT2D eigenvalue weighted by Crippen LogP contribution is -2.44. The van der Waals surface area contributed by atoms with Crippen molar-refractivity contribution in [3.8, 4) is 5.75 Å². The van der Waals surface area contributed by atoms with Crippen LogP contribution in [0.5, 0.6) is 5.75 Å². The van der Waals surface area contributed by atoms with Gasteiger partial charge in [0.1, 0.15) is 11.8 Å². The zero-order valence-corrected chi connectivity index (χ0v) is 12.4. The van der Waals surface area contributed by atoms with Gasteiger partial charge in [-0.25, -0.2) is 4.79 Å². The van der Waals surface area contributed by atoms with E-state index in [1.807, 2.05) is 20.8 Å². The number of rotatable bonds is 4. The molecule has 1 aliphatic heterocycles. The molecule has 0 aliphatic carbocycles. The maximum atomic E-state index is 12.6. The minimum absolute atomic E-state index is 0.0189. The molecular formula is C15H20N2O4. The number of nitrogens with zero attached hydrogens (tertiary/aromatic N) is 2. The summed E-state index contributed by atoms with van der Waals surface area (Å²) >= 11 is 0. The molecule has 0 bridgehead atoms. The zero-order chi connectivity index (χ0) is 15.6. The van der Waals surface area contributed by atoms with Gasteiger partial charge in [0, 0.05) is 12.2 Å². The van der Waals surface area contributed by atoms with E-state index in [-0.39, 0.29) is 18.1 Å². The van der Waals surface area contributed by atoms with E-state index in [0.717, 1.165) is 0 Å². The van der Waals surface area contributed by atoms with Crippen LogP contribution in [0.25, 0.3) is 0 Å². The van der Waals surface area contributed by atoms with E-state index in [9.17, 15) is 14.7 Å². The van der Waals surface area contributed by atoms with Crippen molar-refractivity contribution < 1.29 is 19.4 Å². The van der Waals surface area contributed by atoms with Crippen LogP contribution >= 0.6 is 0 Å². The summed E-state index contributed by atoms with van der Waals surface area (Å²) in [7, 11) is 0. The average molecular weight is 292 g/mol. The highest BCUT2D eigenvalue weighted by Gasteiger charge is 2.39. The summed E-state index contributed by atoms with van der Waals surface area (Å²) in [6, 6.07) is 0.759. The number of carboxylic acids is 1. The SMILES string of the molecule is CC(C)Oc1cncc(C(=O)N2[C@@H](C)CC[C@H]2C(=O)O)c1. The lowest BCUT2D eigenvalue weighted by atomic mass is 10.2. The standard InChI is InChI=1S/C15H20N2O4/c1-9(2)21-12-6-11(7-16-8-12)14(18)17-10(3)4-5-13(17)15(19)20/h6-10,13H,4-5H2,1-3H3,(H,19,20)/t10-,13-/m0/s1. The molecular weight excluding hydrogens is 272 g/mol. The van der Waals surface area contributed by atoms with Crippen molar-refractivity contribution in [2.24, 2.45) is 0 Å². The number of aliphatic carboxylic acids is 1. The second kappa shape index (κ2) is 6.11. The molecule has 2 heterocycles. The van der Waals surface area contributed by atoms with Crippen LogP contribution in [0.4, 0.5) is 0 Å². The summed E-state index contributed by atoms with van der Waals surface area (Å²) < 4.78 is 5.52. The Labute approximate surface area is 123 Å². The number of likely N-dealkylation sites (tertiary alicyclic amines) is 1. The first-order valence-electron chi connectivity index (χ1n) is 7.07. The fourth-order valence-electron chi connectivity index (χ4n) is 2.59. The summed E-state index contributed by atoms with van der Waals surface area (Å²) in [5.74, 6) is -0.765. The van der Waals surface area contributed by atoms with Crippen molar-refractivity contribution in [1.29, 1.82) is 0 Å². The van der Waals surface area contributed by atoms with E-state index in [0.29, 0.717) is 24.2 Å². The molecule has 6 nitrogen and oxygen atoms in total. The van der Waals surface area contributed by atoms with E-state index in [1.165, 1.54) is 11.1 Å². The number of pyridine rings is 1. The smallest absolute Gasteiger partial charge is 0.326 e. The van der Waals surface area contributed by atoms with Crippen LogP contribution in [-0.4, -0.2) is 45.1 Å². The van der Waals surface area contributed by atoms with Gasteiger partial charge in [0.15, 0.2) is 0 Å². The van der Waals surface area contributed by atoms with Crippen LogP contribution in [-0.2, 0) is 4.79 Å². The number of amides is 1. The molecule has 1 aromatic heterocycles. The Bertz CT molecular complexity index is 544. The van der Waals surface area contributed by atoms with Gasteiger partial charge in [0.25, 0.3) is 5.91 Å². The van der Waals surface area contributed by atoms with Crippen molar-refractivity contribution in [2.75, 3.05) is 0 Å². The topological polar surface area (TPSA) is 79.7 Å². The predicted molar refractivity (Wildman–Crippen MR) is 76.3 cm³/mol. The molecule has 0 unspecified atom stereocenters. The first kappa shape index (κ1) is 15.3. The molecule has 114 valence electrons. The second-order valence-electron chi connectivity index (χ2n) is 5.57. The molecule has 1 aromatic rings. The van der Waals surface area contributed by atoms with Crippen molar-refractivity contribution in [3.05, 3.63) is 24.0 Å². The Balaban J connectivity index is 2.24. The van der Waals surface area contributed by atoms with Gasteiger partial charge in [-0.1, -0.05) is 0 Å². The Hall–Kier alpha value is -2.11. The van der Waals surface area contributed by atoms with E-state index >= 15 is 0 Å². The van der Waals surface area contributed by atoms with Crippen LogP contribution in [0.15, 0.2) is 18.5 Å². The maximum Gasteiger partial charge on any atom is 0.326 e. The third-order valence-electron chi connectivity index (χ3n) is 3.52. The van der Waals surface area contributed by atoms with Gasteiger partial charge in [-0.15, -0.1) is 0 Å². The molecule has 1 saturated heterocycles. The highest BCUT2D eigenvalue weighted by Crippen LogP contribution is 2.27. The summed E-state index contributed by atoms with van der Waals surface area (Å²) in [5.41, 5.74) is 0.355. The van der Waals surface area contributed by atoms with Gasteiger partial charge < -0.3 is 14.7 Å². The molecule has 0 saturated carbocycles. The minimum Gasteiger partial charge on any atom is -0.489 e. The van der Waals surface area contributed by atoms with Gasteiger partial charge in [-0.3, -0.25) is 9.78 Å². The molecule has 6 heteroatoms. The van der Waals surface area contributed by atoms with Crippen LogP contribution < -0.4 is 4.74 Å². The van der Waals surface area contributed by atoms with Crippen molar-refractivity contribution in [1.82, 2.24) is 9.88 Å². The fourth-order valence-corrected chi connectivity index (χ4v) is 2.59. The fraction of sp³-hybridized carbons (Fsp3) is 0.533. The first-order chi connectivity index (χ1) is 9.90. The van der Waals surface area contributed by atoms with Gasteiger partial charge in [0.05, 0.1) is 17.9 Å². The van der Waals surface area contributed by atoms with Gasteiger partial charge in [0.2, 0.25) is 0 Å². The number of aromatic nitrogens is 1. The quantitative estimate of drug-likeness (QED) is 0.917. The normalized spacial score (nSPS) is 21.6. The monoisotopic (exact) mass is 292 g/mol. The summed E-state index contributed by atoms with van der Waals surface area (Å²) in [6.45, 7) is 5.64. The molecule has 1 aliphatic rings. The number of carbonyl (C=O) groups excluding carboxylic acids is 1. The first-order valence-corrected chi connectivity index (χ1v) is 7.07. The zero-order valence-electron chi connectivity index (χ0n) is 12.4. The molecule has 21 heavy (non-hydrogen) atoms. The van der Waals surface area contributed by atoms with Crippen LogP contribution in [0, 0.1) is 0 Å². The summed E-state index contributed by atoms with van der Waals surface area (Å²) in [5, 5.41) is 9.24. The third-order valence-corrected chi connectivity index (χ3v) is 3.52. The minimum atomic E-state index is -0.963. The molecule has 0 radical (unpaired) electrons. The highest BCUT2D eigenvalue weighted by atomic mass is 16.5. The molecule has 0 aromatic carbocycles. The van der Waals surface area contributed by atoms with Gasteiger partial charge in [-0.05, 0) is 39.7 Å². The van der Waals surface area contributed by atoms with Crippen molar-refractivity contribution >= 4 is 11.9 Å². The number of ether oxygens (including phenoxy) is 1. The lowest BCUT2D eigenvalue weighted by molar-refractivity contribution is -0.141. The van der Waals surface area contributed by atoms with E-state index < -0.39 is 12.0 Å². The number of carbonyl (C=O) groups is 2. The largest absolute Gasteiger partial charge is 0.489 e. The van der Waals surface area contributed by atoms with Crippen LogP contribution in [0.3, 0.4) is 0 Å². The summed E-state index contributed by atoms with van der Waals surface area (Å²) in [4.78, 5) is 29.3. The van der Waals surface area contributed by atoms with Crippen molar-refractivity contribution in [3.63, 3.8) is 0 Å². The third kappa shape index (κ3) is 3.32. The molecule has 1 N–H and O–H groups in total. The maximum absolute atomic E-state index is 12.6. The van der Waals surface area contributed by atoms with E-state index in [2.05, 4.69) is 4.98 Å². The molecule has 0 spiro atoms. The molecule has 2 atom stereocenters. The number of carboxylic acid groups (broad SMARTS) is 1. The Kier molecular flexibility index (Phi) is 4.45.